The summed E-state index contributed by atoms with van der Waals surface area (Å²) in [6.45, 7) is 4.75. The second kappa shape index (κ2) is 7.36. The van der Waals surface area contributed by atoms with Crippen molar-refractivity contribution in [1.29, 1.82) is 0 Å². The van der Waals surface area contributed by atoms with Crippen molar-refractivity contribution in [2.24, 2.45) is 0 Å². The van der Waals surface area contributed by atoms with Crippen molar-refractivity contribution >= 4 is 17.3 Å². The molecule has 0 saturated heterocycles. The molecule has 0 aliphatic rings. The Morgan fingerprint density at radius 2 is 1.79 bits per heavy atom. The molecule has 0 fully saturated rings. The zero-order chi connectivity index (χ0) is 16.9. The SMILES string of the molecule is CCOC(=O)c1c(-c2ccc(OCC)cc2)csc1-n1cccc1. The van der Waals surface area contributed by atoms with Crippen molar-refractivity contribution < 1.29 is 14.3 Å². The number of carbonyl (C=O) groups excluding carboxylic acids is 1. The van der Waals surface area contributed by atoms with Crippen LogP contribution in [0.3, 0.4) is 0 Å². The highest BCUT2D eigenvalue weighted by atomic mass is 32.1. The number of thiophene rings is 1. The van der Waals surface area contributed by atoms with Gasteiger partial charge in [-0.2, -0.15) is 0 Å². The Hall–Kier alpha value is -2.53. The predicted molar refractivity (Wildman–Crippen MR) is 96.2 cm³/mol. The Balaban J connectivity index is 2.05. The van der Waals surface area contributed by atoms with Gasteiger partial charge in [-0.3, -0.25) is 0 Å². The van der Waals surface area contributed by atoms with E-state index >= 15 is 0 Å². The van der Waals surface area contributed by atoms with E-state index in [0.29, 0.717) is 18.8 Å². The van der Waals surface area contributed by atoms with Crippen LogP contribution in [0.15, 0.2) is 54.2 Å². The third-order valence-corrected chi connectivity index (χ3v) is 4.56. The average Bonchev–Trinajstić information content (AvgIpc) is 3.25. The molecule has 0 atom stereocenters. The predicted octanol–water partition coefficient (Wildman–Crippen LogP) is 4.78. The van der Waals surface area contributed by atoms with E-state index in [9.17, 15) is 4.79 Å². The van der Waals surface area contributed by atoms with Crippen LogP contribution in [0.25, 0.3) is 16.1 Å². The zero-order valence-corrected chi connectivity index (χ0v) is 14.5. The molecule has 0 aliphatic carbocycles. The number of aromatic nitrogens is 1. The molecule has 0 saturated carbocycles. The van der Waals surface area contributed by atoms with E-state index in [4.69, 9.17) is 9.47 Å². The Labute approximate surface area is 145 Å². The topological polar surface area (TPSA) is 40.5 Å². The molecule has 4 nitrogen and oxygen atoms in total. The molecule has 0 bridgehead atoms. The summed E-state index contributed by atoms with van der Waals surface area (Å²) in [6, 6.07) is 11.6. The fourth-order valence-electron chi connectivity index (χ4n) is 2.52. The fourth-order valence-corrected chi connectivity index (χ4v) is 3.56. The monoisotopic (exact) mass is 341 g/mol. The summed E-state index contributed by atoms with van der Waals surface area (Å²) in [5.74, 6) is 0.520. The third-order valence-electron chi connectivity index (χ3n) is 3.57. The highest BCUT2D eigenvalue weighted by molar-refractivity contribution is 7.13. The van der Waals surface area contributed by atoms with Crippen molar-refractivity contribution in [1.82, 2.24) is 4.57 Å². The number of esters is 1. The Morgan fingerprint density at radius 1 is 1.08 bits per heavy atom. The van der Waals surface area contributed by atoms with E-state index in [1.807, 2.05) is 72.6 Å². The van der Waals surface area contributed by atoms with E-state index in [0.717, 1.165) is 21.9 Å². The van der Waals surface area contributed by atoms with Crippen LogP contribution in [0.4, 0.5) is 0 Å². The Kier molecular flexibility index (Phi) is 5.01. The molecule has 0 spiro atoms. The molecule has 3 aromatic rings. The first kappa shape index (κ1) is 16.3. The molecular weight excluding hydrogens is 322 g/mol. The lowest BCUT2D eigenvalue weighted by Gasteiger charge is -2.09. The van der Waals surface area contributed by atoms with Gasteiger partial charge in [0, 0.05) is 23.3 Å². The maximum Gasteiger partial charge on any atom is 0.341 e. The van der Waals surface area contributed by atoms with Gasteiger partial charge in [0.25, 0.3) is 0 Å². The standard InChI is InChI=1S/C19H19NO3S/c1-3-22-15-9-7-14(8-10-15)16-13-24-18(20-11-5-6-12-20)17(16)19(21)23-4-2/h5-13H,3-4H2,1-2H3. The van der Waals surface area contributed by atoms with Gasteiger partial charge >= 0.3 is 5.97 Å². The molecule has 0 amide bonds. The van der Waals surface area contributed by atoms with Gasteiger partial charge in [0.2, 0.25) is 0 Å². The minimum atomic E-state index is -0.300. The highest BCUT2D eigenvalue weighted by Gasteiger charge is 2.22. The minimum Gasteiger partial charge on any atom is -0.494 e. The lowest BCUT2D eigenvalue weighted by atomic mass is 10.0. The van der Waals surface area contributed by atoms with Gasteiger partial charge in [0.1, 0.15) is 16.3 Å². The van der Waals surface area contributed by atoms with E-state index in [1.54, 1.807) is 0 Å². The Bertz CT molecular complexity index is 804. The van der Waals surface area contributed by atoms with Gasteiger partial charge in [-0.25, -0.2) is 4.79 Å². The van der Waals surface area contributed by atoms with E-state index in [2.05, 4.69) is 0 Å². The van der Waals surface area contributed by atoms with E-state index in [-0.39, 0.29) is 5.97 Å². The molecule has 0 radical (unpaired) electrons. The molecule has 2 aromatic heterocycles. The number of carbonyl (C=O) groups is 1. The molecule has 2 heterocycles. The van der Waals surface area contributed by atoms with Gasteiger partial charge in [-0.15, -0.1) is 11.3 Å². The van der Waals surface area contributed by atoms with Crippen LogP contribution in [-0.4, -0.2) is 23.8 Å². The molecule has 124 valence electrons. The highest BCUT2D eigenvalue weighted by Crippen LogP contribution is 2.35. The van der Waals surface area contributed by atoms with Crippen LogP contribution in [0.5, 0.6) is 5.75 Å². The number of benzene rings is 1. The first-order valence-electron chi connectivity index (χ1n) is 7.89. The van der Waals surface area contributed by atoms with Crippen LogP contribution in [0, 0.1) is 0 Å². The molecule has 5 heteroatoms. The van der Waals surface area contributed by atoms with Crippen molar-refractivity contribution in [3.05, 3.63) is 59.7 Å². The van der Waals surface area contributed by atoms with Gasteiger partial charge < -0.3 is 14.0 Å². The van der Waals surface area contributed by atoms with E-state index < -0.39 is 0 Å². The van der Waals surface area contributed by atoms with Crippen molar-refractivity contribution in [2.75, 3.05) is 13.2 Å². The summed E-state index contributed by atoms with van der Waals surface area (Å²) in [4.78, 5) is 12.5. The van der Waals surface area contributed by atoms with Crippen molar-refractivity contribution in [3.63, 3.8) is 0 Å². The molecule has 0 unspecified atom stereocenters. The zero-order valence-electron chi connectivity index (χ0n) is 13.7. The van der Waals surface area contributed by atoms with Crippen LogP contribution in [-0.2, 0) is 4.74 Å². The van der Waals surface area contributed by atoms with Crippen molar-refractivity contribution in [2.45, 2.75) is 13.8 Å². The first-order valence-corrected chi connectivity index (χ1v) is 8.77. The molecule has 0 N–H and O–H groups in total. The molecule has 1 aromatic carbocycles. The summed E-state index contributed by atoms with van der Waals surface area (Å²) in [5.41, 5.74) is 2.45. The maximum atomic E-state index is 12.5. The number of nitrogens with zero attached hydrogens (tertiary/aromatic N) is 1. The summed E-state index contributed by atoms with van der Waals surface area (Å²) >= 11 is 1.53. The van der Waals surface area contributed by atoms with Crippen LogP contribution in [0.1, 0.15) is 24.2 Å². The second-order valence-corrected chi connectivity index (χ2v) is 5.96. The quantitative estimate of drug-likeness (QED) is 0.606. The van der Waals surface area contributed by atoms with Gasteiger partial charge in [-0.1, -0.05) is 12.1 Å². The Morgan fingerprint density at radius 3 is 2.42 bits per heavy atom. The minimum absolute atomic E-state index is 0.300. The second-order valence-electron chi connectivity index (χ2n) is 5.10. The molecular formula is C19H19NO3S. The van der Waals surface area contributed by atoms with E-state index in [1.165, 1.54) is 11.3 Å². The number of ether oxygens (including phenoxy) is 2. The number of hydrogen-bond donors (Lipinski definition) is 0. The molecule has 0 aliphatic heterocycles. The van der Waals surface area contributed by atoms with Gasteiger partial charge in [0.05, 0.1) is 13.2 Å². The summed E-state index contributed by atoms with van der Waals surface area (Å²) in [6.07, 6.45) is 3.85. The summed E-state index contributed by atoms with van der Waals surface area (Å²) in [5, 5.41) is 2.86. The lowest BCUT2D eigenvalue weighted by Crippen LogP contribution is -2.08. The molecule has 3 rings (SSSR count). The van der Waals surface area contributed by atoms with Gasteiger partial charge in [-0.05, 0) is 43.7 Å². The largest absolute Gasteiger partial charge is 0.494 e. The summed E-state index contributed by atoms with van der Waals surface area (Å²) < 4.78 is 12.7. The van der Waals surface area contributed by atoms with Crippen LogP contribution >= 0.6 is 11.3 Å². The lowest BCUT2D eigenvalue weighted by molar-refractivity contribution is 0.0528. The van der Waals surface area contributed by atoms with Crippen molar-refractivity contribution in [3.8, 4) is 21.9 Å². The number of rotatable bonds is 6. The van der Waals surface area contributed by atoms with Crippen LogP contribution in [0.2, 0.25) is 0 Å². The normalized spacial score (nSPS) is 10.6. The number of hydrogen-bond acceptors (Lipinski definition) is 4. The smallest absolute Gasteiger partial charge is 0.341 e. The summed E-state index contributed by atoms with van der Waals surface area (Å²) in [7, 11) is 0. The first-order chi connectivity index (χ1) is 11.7. The third kappa shape index (κ3) is 3.21. The maximum absolute atomic E-state index is 12.5. The van der Waals surface area contributed by atoms with Crippen LogP contribution < -0.4 is 4.74 Å². The van der Waals surface area contributed by atoms with Gasteiger partial charge in [0.15, 0.2) is 0 Å². The average molecular weight is 341 g/mol. The fraction of sp³-hybridized carbons (Fsp3) is 0.211. The molecule has 24 heavy (non-hydrogen) atoms.